The van der Waals surface area contributed by atoms with Crippen LogP contribution < -0.4 is 4.90 Å². The number of unbranched alkanes of at least 4 members (excludes halogenated alkanes) is 1. The summed E-state index contributed by atoms with van der Waals surface area (Å²) in [5.74, 6) is -0.500. The first-order valence-corrected chi connectivity index (χ1v) is 7.23. The van der Waals surface area contributed by atoms with Gasteiger partial charge in [0.2, 0.25) is 11.8 Å². The Labute approximate surface area is 125 Å². The van der Waals surface area contributed by atoms with Crippen molar-refractivity contribution in [3.8, 4) is 0 Å². The predicted octanol–water partition coefficient (Wildman–Crippen LogP) is 2.83. The SMILES string of the molecule is CCCCN(C)C(=O)CCN(C(C)=O)c1ccc(F)cc1. The maximum absolute atomic E-state index is 12.9. The van der Waals surface area contributed by atoms with E-state index in [1.54, 1.807) is 24.1 Å². The van der Waals surface area contributed by atoms with Crippen molar-refractivity contribution in [1.29, 1.82) is 0 Å². The molecule has 0 spiro atoms. The van der Waals surface area contributed by atoms with Crippen LogP contribution in [0.5, 0.6) is 0 Å². The highest BCUT2D eigenvalue weighted by Gasteiger charge is 2.15. The Morgan fingerprint density at radius 1 is 1.14 bits per heavy atom. The molecule has 0 aliphatic carbocycles. The molecule has 0 unspecified atom stereocenters. The quantitative estimate of drug-likeness (QED) is 0.776. The van der Waals surface area contributed by atoms with Gasteiger partial charge in [0.15, 0.2) is 0 Å². The maximum Gasteiger partial charge on any atom is 0.224 e. The highest BCUT2D eigenvalue weighted by atomic mass is 19.1. The standard InChI is InChI=1S/C16H23FN2O2/c1-4-5-11-18(3)16(21)10-12-19(13(2)20)15-8-6-14(17)7-9-15/h6-9H,4-5,10-12H2,1-3H3. The predicted molar refractivity (Wildman–Crippen MR) is 81.6 cm³/mol. The van der Waals surface area contributed by atoms with Gasteiger partial charge in [-0.3, -0.25) is 9.59 Å². The third-order valence-electron chi connectivity index (χ3n) is 3.34. The summed E-state index contributed by atoms with van der Waals surface area (Å²) in [6.07, 6.45) is 2.26. The number of hydrogen-bond donors (Lipinski definition) is 0. The summed E-state index contributed by atoms with van der Waals surface area (Å²) in [7, 11) is 1.77. The second-order valence-electron chi connectivity index (χ2n) is 5.07. The Morgan fingerprint density at radius 3 is 2.29 bits per heavy atom. The van der Waals surface area contributed by atoms with Gasteiger partial charge in [0.05, 0.1) is 0 Å². The van der Waals surface area contributed by atoms with Gasteiger partial charge >= 0.3 is 0 Å². The van der Waals surface area contributed by atoms with Crippen LogP contribution in [-0.4, -0.2) is 36.9 Å². The molecule has 4 nitrogen and oxygen atoms in total. The monoisotopic (exact) mass is 294 g/mol. The molecular formula is C16H23FN2O2. The first-order valence-electron chi connectivity index (χ1n) is 7.23. The van der Waals surface area contributed by atoms with Gasteiger partial charge in [-0.05, 0) is 30.7 Å². The number of anilines is 1. The zero-order chi connectivity index (χ0) is 15.8. The van der Waals surface area contributed by atoms with Crippen molar-refractivity contribution in [2.24, 2.45) is 0 Å². The number of benzene rings is 1. The fraction of sp³-hybridized carbons (Fsp3) is 0.500. The third-order valence-corrected chi connectivity index (χ3v) is 3.34. The number of nitrogens with zero attached hydrogens (tertiary/aromatic N) is 2. The molecule has 2 amide bonds. The van der Waals surface area contributed by atoms with Crippen molar-refractivity contribution < 1.29 is 14.0 Å². The van der Waals surface area contributed by atoms with Crippen LogP contribution in [0.1, 0.15) is 33.1 Å². The van der Waals surface area contributed by atoms with Crippen LogP contribution in [0, 0.1) is 5.82 Å². The van der Waals surface area contributed by atoms with E-state index in [0.29, 0.717) is 12.2 Å². The Balaban J connectivity index is 2.62. The summed E-state index contributed by atoms with van der Waals surface area (Å²) in [6, 6.07) is 5.70. The number of hydrogen-bond acceptors (Lipinski definition) is 2. The zero-order valence-corrected chi connectivity index (χ0v) is 12.9. The molecule has 0 aliphatic rings. The van der Waals surface area contributed by atoms with E-state index in [1.165, 1.54) is 24.0 Å². The molecule has 1 rings (SSSR count). The Hall–Kier alpha value is -1.91. The van der Waals surface area contributed by atoms with Crippen molar-refractivity contribution in [2.45, 2.75) is 33.1 Å². The second-order valence-corrected chi connectivity index (χ2v) is 5.07. The molecule has 0 atom stereocenters. The summed E-state index contributed by atoms with van der Waals surface area (Å²) in [4.78, 5) is 26.9. The van der Waals surface area contributed by atoms with E-state index in [4.69, 9.17) is 0 Å². The average Bonchev–Trinajstić information content (AvgIpc) is 2.46. The molecule has 0 aliphatic heterocycles. The molecule has 0 radical (unpaired) electrons. The molecule has 1 aromatic rings. The lowest BCUT2D eigenvalue weighted by Crippen LogP contribution is -2.35. The minimum Gasteiger partial charge on any atom is -0.346 e. The second kappa shape index (κ2) is 8.39. The number of amides is 2. The third kappa shape index (κ3) is 5.53. The van der Waals surface area contributed by atoms with E-state index in [2.05, 4.69) is 6.92 Å². The van der Waals surface area contributed by atoms with E-state index in [-0.39, 0.29) is 24.1 Å². The number of rotatable bonds is 7. The molecule has 0 heterocycles. The Kier molecular flexibility index (Phi) is 6.85. The fourth-order valence-electron chi connectivity index (χ4n) is 2.01. The lowest BCUT2D eigenvalue weighted by molar-refractivity contribution is -0.129. The van der Waals surface area contributed by atoms with Crippen molar-refractivity contribution in [2.75, 3.05) is 25.0 Å². The van der Waals surface area contributed by atoms with Gasteiger partial charge in [-0.1, -0.05) is 13.3 Å². The lowest BCUT2D eigenvalue weighted by Gasteiger charge is -2.23. The molecule has 21 heavy (non-hydrogen) atoms. The van der Waals surface area contributed by atoms with Crippen LogP contribution in [0.25, 0.3) is 0 Å². The molecule has 0 bridgehead atoms. The van der Waals surface area contributed by atoms with Gasteiger partial charge in [-0.25, -0.2) is 4.39 Å². The summed E-state index contributed by atoms with van der Waals surface area (Å²) >= 11 is 0. The molecule has 0 N–H and O–H groups in total. The van der Waals surface area contributed by atoms with Crippen LogP contribution in [0.2, 0.25) is 0 Å². The van der Waals surface area contributed by atoms with Gasteiger partial charge < -0.3 is 9.80 Å². The Bertz CT molecular complexity index is 474. The van der Waals surface area contributed by atoms with E-state index in [0.717, 1.165) is 19.4 Å². The van der Waals surface area contributed by atoms with Crippen LogP contribution >= 0.6 is 0 Å². The normalized spacial score (nSPS) is 10.3. The van der Waals surface area contributed by atoms with Crippen molar-refractivity contribution in [3.05, 3.63) is 30.1 Å². The van der Waals surface area contributed by atoms with Gasteiger partial charge in [0.1, 0.15) is 5.82 Å². The first kappa shape index (κ1) is 17.1. The molecule has 1 aromatic carbocycles. The van der Waals surface area contributed by atoms with E-state index < -0.39 is 0 Å². The first-order chi connectivity index (χ1) is 9.95. The average molecular weight is 294 g/mol. The van der Waals surface area contributed by atoms with Gasteiger partial charge in [0, 0.05) is 39.2 Å². The molecule has 116 valence electrons. The van der Waals surface area contributed by atoms with Gasteiger partial charge in [-0.2, -0.15) is 0 Å². The van der Waals surface area contributed by atoms with E-state index >= 15 is 0 Å². The molecular weight excluding hydrogens is 271 g/mol. The van der Waals surface area contributed by atoms with E-state index in [9.17, 15) is 14.0 Å². The van der Waals surface area contributed by atoms with Gasteiger partial charge in [-0.15, -0.1) is 0 Å². The van der Waals surface area contributed by atoms with Crippen LogP contribution in [0.4, 0.5) is 10.1 Å². The summed E-state index contributed by atoms with van der Waals surface area (Å²) in [5.41, 5.74) is 0.605. The Morgan fingerprint density at radius 2 is 1.76 bits per heavy atom. The minimum absolute atomic E-state index is 0.0109. The molecule has 0 saturated carbocycles. The molecule has 0 saturated heterocycles. The number of carbonyl (C=O) groups excluding carboxylic acids is 2. The van der Waals surface area contributed by atoms with Crippen LogP contribution in [-0.2, 0) is 9.59 Å². The van der Waals surface area contributed by atoms with Gasteiger partial charge in [0.25, 0.3) is 0 Å². The number of halogens is 1. The highest BCUT2D eigenvalue weighted by Crippen LogP contribution is 2.15. The number of carbonyl (C=O) groups is 2. The zero-order valence-electron chi connectivity index (χ0n) is 12.9. The molecule has 0 fully saturated rings. The maximum atomic E-state index is 12.9. The topological polar surface area (TPSA) is 40.6 Å². The highest BCUT2D eigenvalue weighted by molar-refractivity contribution is 5.92. The summed E-state index contributed by atoms with van der Waals surface area (Å²) in [5, 5.41) is 0. The van der Waals surface area contributed by atoms with Crippen LogP contribution in [0.15, 0.2) is 24.3 Å². The van der Waals surface area contributed by atoms with Crippen molar-refractivity contribution in [1.82, 2.24) is 4.90 Å². The minimum atomic E-state index is -0.349. The molecule has 5 heteroatoms. The van der Waals surface area contributed by atoms with Crippen molar-refractivity contribution in [3.63, 3.8) is 0 Å². The van der Waals surface area contributed by atoms with Crippen LogP contribution in [0.3, 0.4) is 0 Å². The largest absolute Gasteiger partial charge is 0.346 e. The summed E-state index contributed by atoms with van der Waals surface area (Å²) in [6.45, 7) is 4.54. The lowest BCUT2D eigenvalue weighted by atomic mass is 10.2. The summed E-state index contributed by atoms with van der Waals surface area (Å²) < 4.78 is 12.9. The van der Waals surface area contributed by atoms with E-state index in [1.807, 2.05) is 0 Å². The molecule has 0 aromatic heterocycles. The fourth-order valence-corrected chi connectivity index (χ4v) is 2.01. The smallest absolute Gasteiger partial charge is 0.224 e. The van der Waals surface area contributed by atoms with Crippen molar-refractivity contribution >= 4 is 17.5 Å².